The molecule has 4 heterocycles. The second-order valence-electron chi connectivity index (χ2n) is 19.4. The summed E-state index contributed by atoms with van der Waals surface area (Å²) in [5, 5.41) is 8.81. The molecule has 0 aliphatic rings. The summed E-state index contributed by atoms with van der Waals surface area (Å²) in [5.41, 5.74) is 13.2. The van der Waals surface area contributed by atoms with Gasteiger partial charge in [0.25, 0.3) is 0 Å². The van der Waals surface area contributed by atoms with Gasteiger partial charge in [-0.25, -0.2) is 49.3 Å². The van der Waals surface area contributed by atoms with Gasteiger partial charge in [-0.1, -0.05) is 66.2 Å². The summed E-state index contributed by atoms with van der Waals surface area (Å²) < 4.78 is 30.3. The lowest BCUT2D eigenvalue weighted by Crippen LogP contribution is -2.05. The fourth-order valence-corrected chi connectivity index (χ4v) is 8.57. The van der Waals surface area contributed by atoms with Crippen LogP contribution in [0.2, 0.25) is 0 Å². The number of carbonyl (C=O) groups excluding carboxylic acids is 5. The predicted molar refractivity (Wildman–Crippen MR) is 364 cm³/mol. The number of esters is 3. The average molecular weight is 1390 g/mol. The van der Waals surface area contributed by atoms with Gasteiger partial charge >= 0.3 is 35.3 Å². The van der Waals surface area contributed by atoms with E-state index in [1.807, 2.05) is 131 Å². The number of ketones is 1. The minimum atomic E-state index is -1.72. The molecule has 17 nitrogen and oxygen atoms in total. The van der Waals surface area contributed by atoms with E-state index in [0.29, 0.717) is 60.3 Å². The minimum absolute atomic E-state index is 0.0578. The number of rotatable bonds is 21. The number of aryl methyl sites for hydroxylation is 9. The molecule has 0 aliphatic carbocycles. The Morgan fingerprint density at radius 2 is 0.846 bits per heavy atom. The Hall–Kier alpha value is -7.11. The standard InChI is InChI=1S/C17H19NO4.C17H21NO3.C15H17NO3.C9H9ClO.C8H11NO2.CH2Cl2.Al.3ClH/c1-4-22-17(20)15-10-14(11(2)18-15)16(19)9-12-6-5-7-13(8-12)21-3;1-4-21-17(19)16-11-14(12(2)18-16)9-8-13-6-5-7-15(10-13)20-3;1-10-12(9-14(16-10)15(17)18)7-6-11-4-3-5-13(8-11)19-2;1-7-3-2-4-8(5-7)6-9(10)11;1-3-11-8(10)7-5-4-6(2)9-7;2-1-3;;;;/h5-8,10,18H,4,9H2,1-3H3;5-7,10-11,18H,4,8-9H2,1-3H3;3-5,8-9,16H,6-7H2,1-2H3,(H,17,18);2-5H,6H2,1H3;4-5,9H,3H2,1-2H3;1H2;;3*1H/q;;;;;;+3;;;/p-3. The molecule has 8 rings (SSSR count). The van der Waals surface area contributed by atoms with Crippen LogP contribution in [-0.2, 0) is 57.5 Å². The van der Waals surface area contributed by atoms with Crippen LogP contribution < -0.4 is 14.2 Å². The van der Waals surface area contributed by atoms with Gasteiger partial charge in [0.15, 0.2) is 5.78 Å². The van der Waals surface area contributed by atoms with E-state index in [4.69, 9.17) is 98.5 Å². The van der Waals surface area contributed by atoms with Crippen LogP contribution >= 0.6 is 65.0 Å². The van der Waals surface area contributed by atoms with Gasteiger partial charge < -0.3 is 53.5 Å². The normalized spacial score (nSPS) is 9.90. The maximum absolute atomic E-state index is 12.4. The number of carboxylic acid groups (broad SMARTS) is 1. The Labute approximate surface area is 564 Å². The van der Waals surface area contributed by atoms with Crippen molar-refractivity contribution in [3.63, 3.8) is 0 Å². The van der Waals surface area contributed by atoms with E-state index in [1.54, 1.807) is 67.2 Å². The maximum atomic E-state index is 12.4. The second kappa shape index (κ2) is 44.4. The first-order valence-corrected chi connectivity index (χ1v) is 35.2. The zero-order valence-corrected chi connectivity index (χ0v) is 58.6. The molecule has 0 fully saturated rings. The van der Waals surface area contributed by atoms with Crippen LogP contribution in [0.4, 0.5) is 0 Å². The zero-order chi connectivity index (χ0) is 68.0. The van der Waals surface area contributed by atoms with Gasteiger partial charge in [0.1, 0.15) is 40.0 Å². The number of aromatic nitrogens is 4. The van der Waals surface area contributed by atoms with Gasteiger partial charge in [-0.2, -0.15) is 0 Å². The van der Waals surface area contributed by atoms with Gasteiger partial charge in [0.05, 0.1) is 46.5 Å². The molecule has 24 heteroatoms. The lowest BCUT2D eigenvalue weighted by Gasteiger charge is -2.04. The third kappa shape index (κ3) is 31.7. The van der Waals surface area contributed by atoms with Crippen molar-refractivity contribution in [3.8, 4) is 17.2 Å². The first kappa shape index (κ1) is 80.0. The largest absolute Gasteiger partial charge is 0.643 e. The summed E-state index contributed by atoms with van der Waals surface area (Å²) in [6.07, 6.45) is 4.01. The average Bonchev–Trinajstić information content (AvgIpc) is 2.02. The maximum Gasteiger partial charge on any atom is 0.643 e. The van der Waals surface area contributed by atoms with Gasteiger partial charge in [0.2, 0.25) is 5.24 Å². The predicted octanol–water partition coefficient (Wildman–Crippen LogP) is 16.0. The smallest absolute Gasteiger partial charge is 0.497 e. The Balaban J connectivity index is 0.000000386. The van der Waals surface area contributed by atoms with E-state index in [1.165, 1.54) is 11.1 Å². The number of hydrogen-bond acceptors (Lipinski definition) is 12. The van der Waals surface area contributed by atoms with Gasteiger partial charge in [0, 0.05) is 41.2 Å². The number of carboxylic acids is 1. The molecule has 4 aromatic carbocycles. The lowest BCUT2D eigenvalue weighted by atomic mass is 10.0. The molecule has 0 saturated heterocycles. The van der Waals surface area contributed by atoms with Crippen molar-refractivity contribution in [3.05, 3.63) is 217 Å². The summed E-state index contributed by atoms with van der Waals surface area (Å²) in [6.45, 7) is 15.9. The monoisotopic (exact) mass is 1380 g/mol. The SMILES string of the molecule is CCOC(=O)c1cc(C(=O)Cc2cccc(OC)c2)c(C)[nH]1.CCOC(=O)c1cc(CCc2cccc(OC)c2)c(C)[nH]1.CCOC(=O)c1ccc(C)[nH]1.COc1cccc(CCc2cc(C(=O)O)[nH]c2C)c1.Cc1cccc(CC(=O)Cl)c1.ClCCl.[Cl][Al]([Cl])[Cl]. The highest BCUT2D eigenvalue weighted by Crippen LogP contribution is 2.21. The Kier molecular flexibility index (Phi) is 39.0. The van der Waals surface area contributed by atoms with E-state index in [0.717, 1.165) is 82.1 Å². The van der Waals surface area contributed by atoms with Crippen molar-refractivity contribution in [2.24, 2.45) is 0 Å². The molecular weight excluding hydrogens is 1310 g/mol. The number of nitrogens with one attached hydrogen (secondary N) is 4. The van der Waals surface area contributed by atoms with Crippen LogP contribution in [0.25, 0.3) is 0 Å². The van der Waals surface area contributed by atoms with Crippen LogP contribution in [0, 0.1) is 34.6 Å². The van der Waals surface area contributed by atoms with E-state index in [-0.39, 0.29) is 40.4 Å². The van der Waals surface area contributed by atoms with E-state index < -0.39 is 23.3 Å². The van der Waals surface area contributed by atoms with Crippen LogP contribution in [0.1, 0.15) is 135 Å². The number of methoxy groups -OCH3 is 3. The number of aromatic carboxylic acids is 1. The van der Waals surface area contributed by atoms with Crippen molar-refractivity contribution >= 4 is 111 Å². The fraction of sp³-hybridized carbons (Fsp3) is 0.313. The molecule has 5 N–H and O–H groups in total. The van der Waals surface area contributed by atoms with Crippen LogP contribution in [0.3, 0.4) is 0 Å². The molecule has 0 saturated carbocycles. The summed E-state index contributed by atoms with van der Waals surface area (Å²) in [4.78, 5) is 79.9. The third-order valence-electron chi connectivity index (χ3n) is 12.7. The summed E-state index contributed by atoms with van der Waals surface area (Å²) in [7, 11) is 19.7. The molecule has 0 aliphatic heterocycles. The van der Waals surface area contributed by atoms with Crippen molar-refractivity contribution in [1.82, 2.24) is 19.9 Å². The molecule has 0 atom stereocenters. The molecule has 4 aromatic heterocycles. The number of halogens is 6. The van der Waals surface area contributed by atoms with E-state index in [9.17, 15) is 28.8 Å². The highest BCUT2D eigenvalue weighted by atomic mass is 35.8. The first-order valence-electron chi connectivity index (χ1n) is 28.5. The molecule has 0 unspecified atom stereocenters. The third-order valence-corrected chi connectivity index (χ3v) is 12.8. The number of benzene rings is 4. The number of Topliss-reactive ketones (excluding diaryl/α,β-unsaturated/α-hetero) is 1. The minimum Gasteiger partial charge on any atom is -0.497 e. The van der Waals surface area contributed by atoms with Gasteiger partial charge in [-0.15, -0.1) is 23.2 Å². The second-order valence-corrected chi connectivity index (χ2v) is 27.1. The van der Waals surface area contributed by atoms with Crippen LogP contribution in [-0.4, -0.2) is 118 Å². The molecule has 490 valence electrons. The van der Waals surface area contributed by atoms with E-state index >= 15 is 0 Å². The van der Waals surface area contributed by atoms with Crippen molar-refractivity contribution in [2.45, 2.75) is 93.9 Å². The Morgan fingerprint density at radius 1 is 0.462 bits per heavy atom. The number of alkyl halides is 2. The van der Waals surface area contributed by atoms with Gasteiger partial charge in [-0.3, -0.25) is 9.59 Å². The molecule has 0 amide bonds. The molecular formula is C67H79AlCl6N4O13. The number of H-pyrrole nitrogens is 4. The Bertz CT molecular complexity index is 3520. The number of hydrogen-bond donors (Lipinski definition) is 5. The topological polar surface area (TPSA) is 241 Å². The molecule has 8 aromatic rings. The zero-order valence-electron chi connectivity index (χ0n) is 52.9. The summed E-state index contributed by atoms with van der Waals surface area (Å²) in [5.74, 6) is 0.400. The fourth-order valence-electron chi connectivity index (χ4n) is 8.41. The first-order chi connectivity index (χ1) is 43.3. The van der Waals surface area contributed by atoms with Crippen molar-refractivity contribution in [1.29, 1.82) is 0 Å². The van der Waals surface area contributed by atoms with Crippen LogP contribution in [0.5, 0.6) is 17.2 Å². The highest BCUT2D eigenvalue weighted by Gasteiger charge is 2.19. The van der Waals surface area contributed by atoms with E-state index in [2.05, 4.69) is 26.0 Å². The molecule has 0 radical (unpaired) electrons. The molecule has 91 heavy (non-hydrogen) atoms. The van der Waals surface area contributed by atoms with Crippen LogP contribution in [0.15, 0.2) is 127 Å². The number of ether oxygens (including phenoxy) is 6. The summed E-state index contributed by atoms with van der Waals surface area (Å²) >= 11 is 13.0. The number of carbonyl (C=O) groups is 6. The van der Waals surface area contributed by atoms with Crippen molar-refractivity contribution in [2.75, 3.05) is 46.5 Å². The quantitative estimate of drug-likeness (QED) is 0.0112. The molecule has 0 bridgehead atoms. The number of aromatic amines is 4. The highest BCUT2D eigenvalue weighted by molar-refractivity contribution is 7.54. The summed E-state index contributed by atoms with van der Waals surface area (Å²) in [6, 6.07) is 39.8. The van der Waals surface area contributed by atoms with Gasteiger partial charge in [-0.05, 0) is 193 Å². The Morgan fingerprint density at radius 3 is 1.24 bits per heavy atom. The lowest BCUT2D eigenvalue weighted by molar-refractivity contribution is -0.111. The van der Waals surface area contributed by atoms with Crippen molar-refractivity contribution < 1.29 is 62.3 Å². The molecule has 0 spiro atoms.